The summed E-state index contributed by atoms with van der Waals surface area (Å²) in [5, 5.41) is 0.853. The molecule has 0 amide bonds. The van der Waals surface area contributed by atoms with Crippen LogP contribution in [0.1, 0.15) is 44.1 Å². The number of hydrogen-bond acceptors (Lipinski definition) is 0. The molecule has 0 heterocycles. The first kappa shape index (κ1) is 13.0. The Hall–Kier alpha value is -0.750. The van der Waals surface area contributed by atoms with Crippen LogP contribution in [0.15, 0.2) is 36.9 Å². The van der Waals surface area contributed by atoms with E-state index in [1.165, 1.54) is 37.7 Å². The van der Waals surface area contributed by atoms with Crippen LogP contribution in [-0.2, 0) is 5.41 Å². The largest absolute Gasteiger partial charge is 0.103 e. The average Bonchev–Trinajstić information content (AvgIpc) is 2.43. The third kappa shape index (κ3) is 1.73. The van der Waals surface area contributed by atoms with Gasteiger partial charge < -0.3 is 0 Å². The van der Waals surface area contributed by atoms with Crippen molar-refractivity contribution in [1.29, 1.82) is 0 Å². The van der Waals surface area contributed by atoms with E-state index in [0.717, 1.165) is 35.1 Å². The molecule has 1 heteroatoms. The fraction of sp³-hybridized carbons (Fsp3) is 0.579. The van der Waals surface area contributed by atoms with E-state index in [2.05, 4.69) is 36.9 Å². The second-order valence-electron chi connectivity index (χ2n) is 7.34. The Bertz CT molecular complexity index is 485. The molecule has 0 radical (unpaired) electrons. The van der Waals surface area contributed by atoms with Gasteiger partial charge in [0.15, 0.2) is 0 Å². The van der Waals surface area contributed by atoms with Gasteiger partial charge in [-0.1, -0.05) is 29.8 Å². The fourth-order valence-corrected chi connectivity index (χ4v) is 6.07. The Morgan fingerprint density at radius 2 is 1.55 bits per heavy atom. The maximum Gasteiger partial charge on any atom is 0.0406 e. The van der Waals surface area contributed by atoms with Gasteiger partial charge in [0.1, 0.15) is 0 Å². The van der Waals surface area contributed by atoms with Crippen molar-refractivity contribution in [1.82, 2.24) is 0 Å². The highest BCUT2D eigenvalue weighted by atomic mass is 35.5. The van der Waals surface area contributed by atoms with Crippen LogP contribution in [0.4, 0.5) is 0 Å². The van der Waals surface area contributed by atoms with Crippen LogP contribution in [0.5, 0.6) is 0 Å². The summed E-state index contributed by atoms with van der Waals surface area (Å²) in [5.41, 5.74) is 1.88. The molecule has 4 saturated carbocycles. The molecule has 0 saturated heterocycles. The van der Waals surface area contributed by atoms with Gasteiger partial charge in [0, 0.05) is 10.4 Å². The quantitative estimate of drug-likeness (QED) is 0.634. The summed E-state index contributed by atoms with van der Waals surface area (Å²) < 4.78 is 0. The number of rotatable bonds is 3. The molecule has 1 aromatic rings. The lowest BCUT2D eigenvalue weighted by atomic mass is 9.43. The lowest BCUT2D eigenvalue weighted by molar-refractivity contribution is -0.0598. The zero-order chi connectivity index (χ0) is 13.7. The summed E-state index contributed by atoms with van der Waals surface area (Å²) in [6.07, 6.45) is 10.6. The normalized spacial score (nSPS) is 41.9. The number of benzene rings is 1. The minimum Gasteiger partial charge on any atom is -0.103 e. The average molecular weight is 287 g/mol. The zero-order valence-electron chi connectivity index (χ0n) is 12.0. The summed E-state index contributed by atoms with van der Waals surface area (Å²) in [7, 11) is 0. The number of allylic oxidation sites excluding steroid dienone is 1. The molecule has 0 spiro atoms. The molecule has 0 N–H and O–H groups in total. The van der Waals surface area contributed by atoms with Crippen molar-refractivity contribution >= 4 is 11.6 Å². The molecule has 106 valence electrons. The summed E-state index contributed by atoms with van der Waals surface area (Å²) in [5.74, 6) is 3.78. The Labute approximate surface area is 127 Å². The van der Waals surface area contributed by atoms with E-state index < -0.39 is 0 Å². The van der Waals surface area contributed by atoms with Gasteiger partial charge in [0.05, 0.1) is 0 Å². The molecule has 0 aromatic heterocycles. The summed E-state index contributed by atoms with van der Waals surface area (Å²) >= 11 is 6.10. The van der Waals surface area contributed by atoms with E-state index in [4.69, 9.17) is 11.6 Å². The van der Waals surface area contributed by atoms with Crippen molar-refractivity contribution in [2.45, 2.75) is 43.9 Å². The Morgan fingerprint density at radius 3 is 2.05 bits per heavy atom. The molecule has 4 aliphatic carbocycles. The van der Waals surface area contributed by atoms with E-state index >= 15 is 0 Å². The monoisotopic (exact) mass is 286 g/mol. The van der Waals surface area contributed by atoms with Crippen LogP contribution >= 0.6 is 11.6 Å². The third-order valence-corrected chi connectivity index (χ3v) is 6.71. The molecule has 5 rings (SSSR count). The highest BCUT2D eigenvalue weighted by Gasteiger charge is 2.56. The molecule has 4 aliphatic rings. The zero-order valence-corrected chi connectivity index (χ0v) is 12.8. The van der Waals surface area contributed by atoms with Crippen LogP contribution in [0.2, 0.25) is 5.02 Å². The predicted molar refractivity (Wildman–Crippen MR) is 85.0 cm³/mol. The maximum atomic E-state index is 6.10. The van der Waals surface area contributed by atoms with Gasteiger partial charge in [-0.25, -0.2) is 0 Å². The van der Waals surface area contributed by atoms with E-state index in [1.807, 2.05) is 0 Å². The summed E-state index contributed by atoms with van der Waals surface area (Å²) in [4.78, 5) is 0. The Morgan fingerprint density at radius 1 is 1.00 bits per heavy atom. The van der Waals surface area contributed by atoms with Gasteiger partial charge in [-0.05, 0) is 79.9 Å². The smallest absolute Gasteiger partial charge is 0.0406 e. The molecule has 1 aromatic carbocycles. The van der Waals surface area contributed by atoms with Gasteiger partial charge in [-0.15, -0.1) is 6.58 Å². The minimum absolute atomic E-state index is 0.361. The second-order valence-corrected chi connectivity index (χ2v) is 7.78. The molecule has 4 fully saturated rings. The molecule has 20 heavy (non-hydrogen) atoms. The fourth-order valence-electron chi connectivity index (χ4n) is 5.95. The summed E-state index contributed by atoms with van der Waals surface area (Å²) in [6, 6.07) is 8.72. The van der Waals surface area contributed by atoms with Crippen LogP contribution < -0.4 is 0 Å². The highest BCUT2D eigenvalue weighted by molar-refractivity contribution is 6.30. The minimum atomic E-state index is 0.361. The Balaban J connectivity index is 1.80. The lowest BCUT2D eigenvalue weighted by Gasteiger charge is -2.61. The van der Waals surface area contributed by atoms with Crippen LogP contribution in [0, 0.1) is 23.7 Å². The molecular weight excluding hydrogens is 264 g/mol. The van der Waals surface area contributed by atoms with Gasteiger partial charge in [-0.2, -0.15) is 0 Å². The second kappa shape index (κ2) is 4.63. The van der Waals surface area contributed by atoms with Crippen molar-refractivity contribution in [3.05, 3.63) is 47.5 Å². The van der Waals surface area contributed by atoms with Gasteiger partial charge in [0.2, 0.25) is 0 Å². The van der Waals surface area contributed by atoms with Crippen molar-refractivity contribution in [2.24, 2.45) is 23.7 Å². The van der Waals surface area contributed by atoms with E-state index in [-0.39, 0.29) is 0 Å². The first-order chi connectivity index (χ1) is 9.72. The molecular formula is C19H23Cl. The van der Waals surface area contributed by atoms with E-state index in [0.29, 0.717) is 5.41 Å². The predicted octanol–water partition coefficient (Wildman–Crippen LogP) is 5.61. The lowest BCUT2D eigenvalue weighted by Crippen LogP contribution is -2.55. The van der Waals surface area contributed by atoms with Crippen LogP contribution in [-0.4, -0.2) is 0 Å². The molecule has 0 aliphatic heterocycles. The SMILES string of the molecule is C=CCC1(c2ccc(Cl)cc2)C2CC3CC(C2)CC1C3. The number of halogens is 1. The first-order valence-electron chi connectivity index (χ1n) is 8.09. The Kier molecular flexibility index (Phi) is 3.00. The molecule has 0 atom stereocenters. The van der Waals surface area contributed by atoms with Crippen molar-refractivity contribution < 1.29 is 0 Å². The maximum absolute atomic E-state index is 6.10. The van der Waals surface area contributed by atoms with Gasteiger partial charge >= 0.3 is 0 Å². The molecule has 4 bridgehead atoms. The number of hydrogen-bond donors (Lipinski definition) is 0. The van der Waals surface area contributed by atoms with Gasteiger partial charge in [-0.3, -0.25) is 0 Å². The van der Waals surface area contributed by atoms with E-state index in [1.54, 1.807) is 0 Å². The molecule has 0 nitrogen and oxygen atoms in total. The van der Waals surface area contributed by atoms with E-state index in [9.17, 15) is 0 Å². The topological polar surface area (TPSA) is 0 Å². The molecule has 0 unspecified atom stereocenters. The standard InChI is InChI=1S/C19H23Cl/c1-2-7-19(15-3-5-18(20)6-4-15)16-9-13-8-14(11-16)12-17(19)10-13/h2-6,13-14,16-17H,1,7-12H2. The third-order valence-electron chi connectivity index (χ3n) is 6.46. The van der Waals surface area contributed by atoms with Crippen LogP contribution in [0.3, 0.4) is 0 Å². The van der Waals surface area contributed by atoms with Crippen molar-refractivity contribution in [3.8, 4) is 0 Å². The van der Waals surface area contributed by atoms with Crippen molar-refractivity contribution in [2.75, 3.05) is 0 Å². The first-order valence-corrected chi connectivity index (χ1v) is 8.47. The highest BCUT2D eigenvalue weighted by Crippen LogP contribution is 2.64. The van der Waals surface area contributed by atoms with Gasteiger partial charge in [0.25, 0.3) is 0 Å². The summed E-state index contributed by atoms with van der Waals surface area (Å²) in [6.45, 7) is 4.07. The van der Waals surface area contributed by atoms with Crippen molar-refractivity contribution in [3.63, 3.8) is 0 Å². The van der Waals surface area contributed by atoms with Crippen LogP contribution in [0.25, 0.3) is 0 Å².